The number of hydroxylamine groups is 2. The molecule has 4 rings (SSSR count). The molecule has 1 saturated carbocycles. The Kier molecular flexibility index (Phi) is 7.64. The standard InChI is InChI=1S/C27H35N5O9/c1-30(2)15-9-14(29-16(33)10-32(5)41-6)21(34)18-12(15)7-11-8-13-20(31(3)4)23(36)19(26(28)39)25(38)27(13,40)24(37)17(11)22(18)35/h9,11,13,20,34-35,38,40H,7-8,10H2,1-6H3,(H2,28,39)(H,29,33)/t11?,13?,20-,27-/m0/s1. The van der Waals surface area contributed by atoms with Crippen molar-refractivity contribution in [3.8, 4) is 5.75 Å². The first-order valence-corrected chi connectivity index (χ1v) is 12.8. The number of carbonyl (C=O) groups excluding carboxylic acids is 4. The molecular formula is C27H35N5O9. The highest BCUT2D eigenvalue weighted by Crippen LogP contribution is 2.54. The van der Waals surface area contributed by atoms with Gasteiger partial charge in [0.15, 0.2) is 11.4 Å². The second-order valence-electron chi connectivity index (χ2n) is 11.0. The van der Waals surface area contributed by atoms with E-state index < -0.39 is 69.7 Å². The smallest absolute Gasteiger partial charge is 0.255 e. The number of aliphatic hydroxyl groups is 3. The second kappa shape index (κ2) is 10.4. The lowest BCUT2D eigenvalue weighted by Gasteiger charge is -2.50. The topological polar surface area (TPSA) is 206 Å². The van der Waals surface area contributed by atoms with Crippen LogP contribution in [0.1, 0.15) is 17.5 Å². The number of aliphatic hydroxyl groups excluding tert-OH is 2. The molecule has 0 aromatic heterocycles. The van der Waals surface area contributed by atoms with E-state index in [0.717, 1.165) is 0 Å². The number of phenolic OH excluding ortho intramolecular Hbond substituents is 1. The van der Waals surface area contributed by atoms with Gasteiger partial charge in [-0.1, -0.05) is 0 Å². The van der Waals surface area contributed by atoms with Crippen molar-refractivity contribution in [1.82, 2.24) is 9.96 Å². The van der Waals surface area contributed by atoms with Gasteiger partial charge in [0.1, 0.15) is 29.4 Å². The van der Waals surface area contributed by atoms with E-state index in [4.69, 9.17) is 10.6 Å². The molecule has 41 heavy (non-hydrogen) atoms. The van der Waals surface area contributed by atoms with E-state index in [1.165, 1.54) is 38.2 Å². The lowest BCUT2D eigenvalue weighted by atomic mass is 9.57. The van der Waals surface area contributed by atoms with Gasteiger partial charge in [0.05, 0.1) is 24.4 Å². The molecule has 4 atom stereocenters. The number of carbonyl (C=O) groups is 4. The third-order valence-electron chi connectivity index (χ3n) is 8.13. The molecule has 14 nitrogen and oxygen atoms in total. The van der Waals surface area contributed by atoms with E-state index in [9.17, 15) is 39.6 Å². The van der Waals surface area contributed by atoms with Crippen LogP contribution < -0.4 is 16.0 Å². The molecule has 3 aliphatic rings. The van der Waals surface area contributed by atoms with E-state index in [0.29, 0.717) is 11.3 Å². The number of rotatable bonds is 7. The summed E-state index contributed by atoms with van der Waals surface area (Å²) in [7, 11) is 9.46. The van der Waals surface area contributed by atoms with Crippen molar-refractivity contribution >= 4 is 40.5 Å². The quantitative estimate of drug-likeness (QED) is 0.138. The molecule has 2 amide bonds. The van der Waals surface area contributed by atoms with Crippen molar-refractivity contribution in [3.05, 3.63) is 34.1 Å². The molecule has 3 aliphatic carbocycles. The molecule has 1 aromatic carbocycles. The monoisotopic (exact) mass is 573 g/mol. The zero-order chi connectivity index (χ0) is 30.7. The number of hydrogen-bond donors (Lipinski definition) is 6. The molecule has 0 heterocycles. The van der Waals surface area contributed by atoms with Crippen LogP contribution >= 0.6 is 0 Å². The maximum atomic E-state index is 14.0. The molecule has 0 bridgehead atoms. The van der Waals surface area contributed by atoms with Gasteiger partial charge in [-0.15, -0.1) is 0 Å². The Hall–Kier alpha value is -3.98. The third-order valence-corrected chi connectivity index (χ3v) is 8.13. The number of aromatic hydroxyl groups is 1. The first kappa shape index (κ1) is 30.0. The fourth-order valence-corrected chi connectivity index (χ4v) is 6.24. The van der Waals surface area contributed by atoms with Crippen LogP contribution in [-0.4, -0.2) is 114 Å². The van der Waals surface area contributed by atoms with E-state index in [2.05, 4.69) is 5.32 Å². The van der Waals surface area contributed by atoms with Gasteiger partial charge in [0.2, 0.25) is 11.7 Å². The summed E-state index contributed by atoms with van der Waals surface area (Å²) < 4.78 is 0. The van der Waals surface area contributed by atoms with E-state index in [1.807, 2.05) is 0 Å². The second-order valence-corrected chi connectivity index (χ2v) is 11.0. The predicted octanol–water partition coefficient (Wildman–Crippen LogP) is -0.538. The van der Waals surface area contributed by atoms with Crippen LogP contribution in [0, 0.1) is 11.8 Å². The Labute approximate surface area is 236 Å². The normalized spacial score (nSPS) is 25.7. The number of likely N-dealkylation sites (N-methyl/N-ethyl adjacent to an activating group) is 2. The van der Waals surface area contributed by atoms with Crippen molar-refractivity contribution in [3.63, 3.8) is 0 Å². The average molecular weight is 574 g/mol. The van der Waals surface area contributed by atoms with Gasteiger partial charge in [0, 0.05) is 38.3 Å². The highest BCUT2D eigenvalue weighted by molar-refractivity contribution is 6.24. The van der Waals surface area contributed by atoms with Crippen molar-refractivity contribution < 1.29 is 44.4 Å². The Bertz CT molecular complexity index is 1420. The molecule has 2 unspecified atom stereocenters. The minimum Gasteiger partial charge on any atom is -0.508 e. The summed E-state index contributed by atoms with van der Waals surface area (Å²) in [5.74, 6) is -7.96. The predicted molar refractivity (Wildman–Crippen MR) is 147 cm³/mol. The molecule has 0 radical (unpaired) electrons. The SMILES string of the molecule is CON(C)CC(=O)Nc1cc(N(C)C)c2c(c1O)C(O)=C1C(=O)[C@]3(O)C(O)=C(C(N)=O)C(=O)[C@@H](N(C)C)C3CC1C2. The summed E-state index contributed by atoms with van der Waals surface area (Å²) in [6, 6.07) is 0.371. The largest absolute Gasteiger partial charge is 0.508 e. The van der Waals surface area contributed by atoms with Crippen LogP contribution in [-0.2, 0) is 30.4 Å². The highest BCUT2D eigenvalue weighted by atomic mass is 16.7. The van der Waals surface area contributed by atoms with Crippen LogP contribution in [0.2, 0.25) is 0 Å². The number of ketones is 2. The minimum absolute atomic E-state index is 0.0266. The molecule has 1 fully saturated rings. The lowest BCUT2D eigenvalue weighted by molar-refractivity contribution is -0.153. The number of nitrogens with one attached hydrogen (secondary N) is 1. The summed E-state index contributed by atoms with van der Waals surface area (Å²) >= 11 is 0. The fourth-order valence-electron chi connectivity index (χ4n) is 6.24. The van der Waals surface area contributed by atoms with Crippen molar-refractivity contribution in [2.24, 2.45) is 17.6 Å². The zero-order valence-corrected chi connectivity index (χ0v) is 23.7. The van der Waals surface area contributed by atoms with Crippen molar-refractivity contribution in [1.29, 1.82) is 0 Å². The van der Waals surface area contributed by atoms with Gasteiger partial charge in [-0.25, -0.2) is 0 Å². The van der Waals surface area contributed by atoms with Crippen molar-refractivity contribution in [2.75, 3.05) is 59.1 Å². The van der Waals surface area contributed by atoms with Crippen LogP contribution in [0.5, 0.6) is 5.75 Å². The molecule has 1 aromatic rings. The number of primary amides is 1. The molecule has 0 aliphatic heterocycles. The number of benzene rings is 1. The van der Waals surface area contributed by atoms with Crippen LogP contribution in [0.3, 0.4) is 0 Å². The number of hydrogen-bond acceptors (Lipinski definition) is 12. The number of Topliss-reactive ketones (excluding diaryl/α,β-unsaturated/α-hetero) is 2. The van der Waals surface area contributed by atoms with Crippen LogP contribution in [0.4, 0.5) is 11.4 Å². The van der Waals surface area contributed by atoms with Gasteiger partial charge >= 0.3 is 0 Å². The number of nitrogens with two attached hydrogens (primary N) is 1. The minimum atomic E-state index is -2.74. The van der Waals surface area contributed by atoms with Gasteiger partial charge in [0.25, 0.3) is 5.91 Å². The number of phenols is 1. The Morgan fingerprint density at radius 3 is 2.32 bits per heavy atom. The summed E-state index contributed by atoms with van der Waals surface area (Å²) in [6.45, 7) is -0.175. The summed E-state index contributed by atoms with van der Waals surface area (Å²) in [6.07, 6.45) is 0.0947. The van der Waals surface area contributed by atoms with Crippen molar-refractivity contribution in [2.45, 2.75) is 24.5 Å². The molecule has 14 heteroatoms. The maximum absolute atomic E-state index is 14.0. The molecule has 0 spiro atoms. The summed E-state index contributed by atoms with van der Waals surface area (Å²) in [5.41, 5.74) is 2.32. The highest BCUT2D eigenvalue weighted by Gasteiger charge is 2.64. The first-order valence-electron chi connectivity index (χ1n) is 12.8. The van der Waals surface area contributed by atoms with Gasteiger partial charge in [-0.2, -0.15) is 5.06 Å². The van der Waals surface area contributed by atoms with Gasteiger partial charge in [-0.3, -0.25) is 24.1 Å². The Morgan fingerprint density at radius 2 is 1.78 bits per heavy atom. The number of anilines is 2. The van der Waals surface area contributed by atoms with Crippen LogP contribution in [0.25, 0.3) is 5.76 Å². The van der Waals surface area contributed by atoms with Crippen LogP contribution in [0.15, 0.2) is 23.0 Å². The number of fused-ring (bicyclic) bond motifs is 3. The molecule has 0 saturated heterocycles. The molecular weight excluding hydrogens is 538 g/mol. The molecule has 222 valence electrons. The number of amides is 2. The fraction of sp³-hybridized carbons (Fsp3) is 0.481. The van der Waals surface area contributed by atoms with E-state index in [-0.39, 0.29) is 36.2 Å². The summed E-state index contributed by atoms with van der Waals surface area (Å²) in [5, 5.41) is 49.3. The lowest BCUT2D eigenvalue weighted by Crippen LogP contribution is -2.65. The third kappa shape index (κ3) is 4.52. The molecule has 7 N–H and O–H groups in total. The van der Waals surface area contributed by atoms with E-state index in [1.54, 1.807) is 25.1 Å². The maximum Gasteiger partial charge on any atom is 0.255 e. The Balaban J connectivity index is 1.92. The number of nitrogens with zero attached hydrogens (tertiary/aromatic N) is 3. The average Bonchev–Trinajstić information content (AvgIpc) is 2.87. The van der Waals surface area contributed by atoms with Gasteiger partial charge < -0.3 is 41.2 Å². The Morgan fingerprint density at radius 1 is 1.15 bits per heavy atom. The summed E-state index contributed by atoms with van der Waals surface area (Å²) in [4.78, 5) is 60.0. The first-order chi connectivity index (χ1) is 19.1. The van der Waals surface area contributed by atoms with Gasteiger partial charge in [-0.05, 0) is 44.5 Å². The van der Waals surface area contributed by atoms with E-state index >= 15 is 0 Å². The zero-order valence-electron chi connectivity index (χ0n) is 23.7.